The number of para-hydroxylation sites is 2. The zero-order valence-corrected chi connectivity index (χ0v) is 31.9. The lowest BCUT2D eigenvalue weighted by Gasteiger charge is -2.28. The van der Waals surface area contributed by atoms with Crippen LogP contribution in [0, 0.1) is 0 Å². The van der Waals surface area contributed by atoms with Crippen LogP contribution in [0.15, 0.2) is 205 Å². The molecule has 0 N–H and O–H groups in total. The van der Waals surface area contributed by atoms with Crippen molar-refractivity contribution in [2.45, 2.75) is 19.3 Å². The van der Waals surface area contributed by atoms with Gasteiger partial charge in [0.2, 0.25) is 0 Å². The van der Waals surface area contributed by atoms with Gasteiger partial charge in [0.15, 0.2) is 5.58 Å². The summed E-state index contributed by atoms with van der Waals surface area (Å²) in [7, 11) is 0. The van der Waals surface area contributed by atoms with Gasteiger partial charge in [0.25, 0.3) is 0 Å². The molecule has 0 unspecified atom stereocenters. The first-order valence-corrected chi connectivity index (χ1v) is 19.7. The summed E-state index contributed by atoms with van der Waals surface area (Å²) in [4.78, 5) is 2.36. The van der Waals surface area contributed by atoms with Crippen molar-refractivity contribution in [3.63, 3.8) is 0 Å². The average molecular weight is 730 g/mol. The minimum Gasteiger partial charge on any atom is -0.454 e. The number of furan rings is 1. The smallest absolute Gasteiger partial charge is 0.159 e. The Hall–Kier alpha value is -7.16. The standard InChI is InChI=1S/C55H39NO/c1-55(2)50-18-7-5-15-46(50)47-32-31-45(35-51(47)55)56(52-19-10-17-49-48-16-6-8-20-53(48)57-54(49)52)44-29-27-38(28-30-44)37-21-23-39(24-22-37)41-13-9-14-42(33-41)43-26-25-36-11-3-4-12-40(36)34-43/h3-35H,1-2H3. The predicted octanol–water partition coefficient (Wildman–Crippen LogP) is 15.5. The first-order chi connectivity index (χ1) is 28.0. The third-order valence-electron chi connectivity index (χ3n) is 12.1. The molecule has 1 aromatic heterocycles. The number of anilines is 3. The fraction of sp³-hybridized carbons (Fsp3) is 0.0545. The fourth-order valence-electron chi connectivity index (χ4n) is 9.07. The molecule has 1 heterocycles. The zero-order valence-electron chi connectivity index (χ0n) is 31.9. The Labute approximate surface area is 332 Å². The van der Waals surface area contributed by atoms with Gasteiger partial charge in [-0.3, -0.25) is 0 Å². The van der Waals surface area contributed by atoms with E-state index in [1.54, 1.807) is 0 Å². The molecule has 0 radical (unpaired) electrons. The molecule has 11 rings (SSSR count). The van der Waals surface area contributed by atoms with Crippen molar-refractivity contribution in [3.05, 3.63) is 211 Å². The van der Waals surface area contributed by atoms with Crippen molar-refractivity contribution in [2.24, 2.45) is 0 Å². The highest BCUT2D eigenvalue weighted by molar-refractivity contribution is 6.10. The monoisotopic (exact) mass is 729 g/mol. The molecule has 2 heteroatoms. The van der Waals surface area contributed by atoms with E-state index in [2.05, 4.69) is 213 Å². The maximum absolute atomic E-state index is 6.64. The van der Waals surface area contributed by atoms with Gasteiger partial charge in [0.1, 0.15) is 5.58 Å². The molecule has 0 saturated heterocycles. The first kappa shape index (κ1) is 33.2. The molecule has 0 amide bonds. The Morgan fingerprint density at radius 1 is 0.386 bits per heavy atom. The summed E-state index contributed by atoms with van der Waals surface area (Å²) in [5.41, 5.74) is 17.4. The maximum Gasteiger partial charge on any atom is 0.159 e. The third-order valence-corrected chi connectivity index (χ3v) is 12.1. The molecule has 1 aliphatic carbocycles. The molecule has 0 atom stereocenters. The minimum absolute atomic E-state index is 0.118. The van der Waals surface area contributed by atoms with E-state index in [1.807, 2.05) is 6.07 Å². The Morgan fingerprint density at radius 2 is 0.965 bits per heavy atom. The summed E-state index contributed by atoms with van der Waals surface area (Å²) in [6.07, 6.45) is 0. The molecule has 0 aliphatic heterocycles. The number of hydrogen-bond donors (Lipinski definition) is 0. The number of rotatable bonds is 6. The lowest BCUT2D eigenvalue weighted by molar-refractivity contribution is 0.660. The summed E-state index contributed by atoms with van der Waals surface area (Å²) in [6.45, 7) is 4.68. The van der Waals surface area contributed by atoms with E-state index in [0.717, 1.165) is 39.0 Å². The van der Waals surface area contributed by atoms with Crippen molar-refractivity contribution in [1.29, 1.82) is 0 Å². The van der Waals surface area contributed by atoms with E-state index in [1.165, 1.54) is 66.4 Å². The molecule has 0 spiro atoms. The predicted molar refractivity (Wildman–Crippen MR) is 240 cm³/mol. The van der Waals surface area contributed by atoms with Crippen LogP contribution in [0.3, 0.4) is 0 Å². The first-order valence-electron chi connectivity index (χ1n) is 19.7. The van der Waals surface area contributed by atoms with Gasteiger partial charge >= 0.3 is 0 Å². The molecule has 1 aliphatic rings. The maximum atomic E-state index is 6.64. The number of fused-ring (bicyclic) bond motifs is 7. The molecule has 57 heavy (non-hydrogen) atoms. The molecule has 0 bridgehead atoms. The van der Waals surface area contributed by atoms with Gasteiger partial charge in [-0.05, 0) is 115 Å². The quantitative estimate of drug-likeness (QED) is 0.169. The molecule has 0 saturated carbocycles. The number of benzene rings is 9. The van der Waals surface area contributed by atoms with Gasteiger partial charge in [-0.1, -0.05) is 166 Å². The largest absolute Gasteiger partial charge is 0.454 e. The van der Waals surface area contributed by atoms with Crippen molar-refractivity contribution >= 4 is 49.8 Å². The van der Waals surface area contributed by atoms with Gasteiger partial charge in [-0.25, -0.2) is 0 Å². The van der Waals surface area contributed by atoms with Crippen LogP contribution in [0.5, 0.6) is 0 Å². The van der Waals surface area contributed by atoms with Gasteiger partial charge in [0.05, 0.1) is 5.69 Å². The summed E-state index contributed by atoms with van der Waals surface area (Å²) in [5.74, 6) is 0. The third kappa shape index (κ3) is 5.48. The van der Waals surface area contributed by atoms with Crippen LogP contribution in [-0.4, -0.2) is 0 Å². The van der Waals surface area contributed by atoms with Crippen molar-refractivity contribution in [2.75, 3.05) is 4.90 Å². The van der Waals surface area contributed by atoms with Crippen LogP contribution in [-0.2, 0) is 5.41 Å². The van der Waals surface area contributed by atoms with Crippen molar-refractivity contribution in [3.8, 4) is 44.5 Å². The highest BCUT2D eigenvalue weighted by Crippen LogP contribution is 2.51. The van der Waals surface area contributed by atoms with Crippen LogP contribution < -0.4 is 4.90 Å². The van der Waals surface area contributed by atoms with Crippen LogP contribution in [0.4, 0.5) is 17.1 Å². The summed E-state index contributed by atoms with van der Waals surface area (Å²) < 4.78 is 6.64. The van der Waals surface area contributed by atoms with Crippen LogP contribution >= 0.6 is 0 Å². The Balaban J connectivity index is 0.959. The molecule has 0 fully saturated rings. The summed E-state index contributed by atoms with van der Waals surface area (Å²) >= 11 is 0. The van der Waals surface area contributed by atoms with Gasteiger partial charge in [-0.2, -0.15) is 0 Å². The van der Waals surface area contributed by atoms with E-state index in [0.29, 0.717) is 0 Å². The summed E-state index contributed by atoms with van der Waals surface area (Å²) in [5, 5.41) is 4.75. The zero-order chi connectivity index (χ0) is 38.1. The van der Waals surface area contributed by atoms with Crippen LogP contribution in [0.1, 0.15) is 25.0 Å². The van der Waals surface area contributed by atoms with Gasteiger partial charge in [0, 0.05) is 27.6 Å². The van der Waals surface area contributed by atoms with E-state index >= 15 is 0 Å². The average Bonchev–Trinajstić information content (AvgIpc) is 3.76. The molecule has 10 aromatic rings. The Morgan fingerprint density at radius 3 is 1.79 bits per heavy atom. The van der Waals surface area contributed by atoms with E-state index in [4.69, 9.17) is 4.42 Å². The van der Waals surface area contributed by atoms with Crippen LogP contribution in [0.25, 0.3) is 77.2 Å². The van der Waals surface area contributed by atoms with E-state index < -0.39 is 0 Å². The second-order valence-electron chi connectivity index (χ2n) is 15.8. The lowest BCUT2D eigenvalue weighted by atomic mass is 9.82. The van der Waals surface area contributed by atoms with Crippen molar-refractivity contribution in [1.82, 2.24) is 0 Å². The van der Waals surface area contributed by atoms with Gasteiger partial charge < -0.3 is 9.32 Å². The molecular weight excluding hydrogens is 691 g/mol. The second-order valence-corrected chi connectivity index (χ2v) is 15.8. The normalized spacial score (nSPS) is 12.9. The Bertz CT molecular complexity index is 3150. The van der Waals surface area contributed by atoms with Crippen LogP contribution in [0.2, 0.25) is 0 Å². The summed E-state index contributed by atoms with van der Waals surface area (Å²) in [6, 6.07) is 72.6. The highest BCUT2D eigenvalue weighted by atomic mass is 16.3. The fourth-order valence-corrected chi connectivity index (χ4v) is 9.07. The topological polar surface area (TPSA) is 16.4 Å². The SMILES string of the molecule is CC1(C)c2ccccc2-c2ccc(N(c3ccc(-c4ccc(-c5cccc(-c6ccc7ccccc7c6)c5)cc4)cc3)c3cccc4c3oc3ccccc34)cc21. The number of hydrogen-bond acceptors (Lipinski definition) is 2. The lowest BCUT2D eigenvalue weighted by Crippen LogP contribution is -2.16. The minimum atomic E-state index is -0.118. The van der Waals surface area contributed by atoms with Crippen molar-refractivity contribution < 1.29 is 4.42 Å². The molecule has 270 valence electrons. The molecular formula is C55H39NO. The molecule has 2 nitrogen and oxygen atoms in total. The van der Waals surface area contributed by atoms with Gasteiger partial charge in [-0.15, -0.1) is 0 Å². The highest BCUT2D eigenvalue weighted by Gasteiger charge is 2.36. The second kappa shape index (κ2) is 13.0. The molecule has 9 aromatic carbocycles. The van der Waals surface area contributed by atoms with E-state index in [-0.39, 0.29) is 5.41 Å². The van der Waals surface area contributed by atoms with E-state index in [9.17, 15) is 0 Å². The Kier molecular flexibility index (Phi) is 7.55. The number of nitrogens with zero attached hydrogens (tertiary/aromatic N) is 1.